The van der Waals surface area contributed by atoms with E-state index in [-0.39, 0.29) is 28.0 Å². The van der Waals surface area contributed by atoms with Crippen LogP contribution in [0.4, 0.5) is 10.8 Å². The summed E-state index contributed by atoms with van der Waals surface area (Å²) in [6.07, 6.45) is 0. The van der Waals surface area contributed by atoms with Gasteiger partial charge in [-0.25, -0.2) is 0 Å². The smallest absolute Gasteiger partial charge is 0.273 e. The van der Waals surface area contributed by atoms with E-state index in [4.69, 9.17) is 11.6 Å². The van der Waals surface area contributed by atoms with E-state index in [2.05, 4.69) is 20.8 Å². The van der Waals surface area contributed by atoms with Crippen molar-refractivity contribution >= 4 is 57.3 Å². The van der Waals surface area contributed by atoms with Crippen LogP contribution < -0.4 is 10.6 Å². The average Bonchev–Trinajstić information content (AvgIpc) is 3.19. The third-order valence-electron chi connectivity index (χ3n) is 4.06. The Hall–Kier alpha value is -3.02. The number of aryl methyl sites for hydroxylation is 1. The molecule has 1 heterocycles. The zero-order valence-corrected chi connectivity index (χ0v) is 18.5. The third kappa shape index (κ3) is 6.23. The fourth-order valence-corrected chi connectivity index (χ4v) is 4.23. The Morgan fingerprint density at radius 1 is 1.23 bits per heavy atom. The van der Waals surface area contributed by atoms with Crippen molar-refractivity contribution in [1.29, 1.82) is 0 Å². The minimum Gasteiger partial charge on any atom is -0.351 e. The van der Waals surface area contributed by atoms with Crippen LogP contribution >= 0.6 is 34.7 Å². The topological polar surface area (TPSA) is 127 Å². The second-order valence-electron chi connectivity index (χ2n) is 6.24. The Kier molecular flexibility index (Phi) is 7.55. The Morgan fingerprint density at radius 3 is 2.74 bits per heavy atom. The molecule has 3 rings (SSSR count). The summed E-state index contributed by atoms with van der Waals surface area (Å²) in [5.41, 5.74) is 1.29. The second-order valence-corrected chi connectivity index (χ2v) is 8.85. The standard InChI is InChI=1S/C19H16ClN5O4S2/c1-11-6-7-12(8-15(11)25(28)29)17(27)22-18-23-24-19(31-18)30-10-16(26)21-9-13-4-2-3-5-14(13)20/h2-8H,9-10H2,1H3,(H,21,26)(H,22,23,27). The number of rotatable bonds is 8. The Labute approximate surface area is 190 Å². The van der Waals surface area contributed by atoms with Gasteiger partial charge in [0.25, 0.3) is 11.6 Å². The minimum absolute atomic E-state index is 0.122. The molecule has 0 unspecified atom stereocenters. The number of nitro benzene ring substituents is 1. The maximum atomic E-state index is 12.3. The molecular formula is C19H16ClN5O4S2. The van der Waals surface area contributed by atoms with Gasteiger partial charge in [-0.05, 0) is 24.6 Å². The highest BCUT2D eigenvalue weighted by Crippen LogP contribution is 2.26. The molecule has 2 amide bonds. The van der Waals surface area contributed by atoms with Gasteiger partial charge >= 0.3 is 0 Å². The van der Waals surface area contributed by atoms with E-state index in [1.165, 1.54) is 30.0 Å². The van der Waals surface area contributed by atoms with Gasteiger partial charge in [-0.15, -0.1) is 10.2 Å². The summed E-state index contributed by atoms with van der Waals surface area (Å²) >= 11 is 8.34. The summed E-state index contributed by atoms with van der Waals surface area (Å²) in [5, 5.41) is 25.0. The van der Waals surface area contributed by atoms with Gasteiger partial charge in [0.2, 0.25) is 11.0 Å². The first kappa shape index (κ1) is 22.7. The lowest BCUT2D eigenvalue weighted by Crippen LogP contribution is -2.24. The zero-order chi connectivity index (χ0) is 22.4. The number of benzene rings is 2. The number of halogens is 1. The van der Waals surface area contributed by atoms with E-state index in [0.29, 0.717) is 21.5 Å². The van der Waals surface area contributed by atoms with Gasteiger partial charge in [0, 0.05) is 28.8 Å². The molecular weight excluding hydrogens is 462 g/mol. The lowest BCUT2D eigenvalue weighted by atomic mass is 10.1. The van der Waals surface area contributed by atoms with Crippen molar-refractivity contribution in [1.82, 2.24) is 15.5 Å². The van der Waals surface area contributed by atoms with Gasteiger partial charge in [0.1, 0.15) is 0 Å². The fraction of sp³-hybridized carbons (Fsp3) is 0.158. The van der Waals surface area contributed by atoms with Crippen molar-refractivity contribution < 1.29 is 14.5 Å². The summed E-state index contributed by atoms with van der Waals surface area (Å²) in [4.78, 5) is 34.9. The van der Waals surface area contributed by atoms with E-state index in [1.54, 1.807) is 13.0 Å². The number of nitro groups is 1. The normalized spacial score (nSPS) is 10.5. The van der Waals surface area contributed by atoms with Crippen molar-refractivity contribution in [3.05, 3.63) is 74.3 Å². The highest BCUT2D eigenvalue weighted by molar-refractivity contribution is 8.01. The van der Waals surface area contributed by atoms with Crippen LogP contribution in [0.2, 0.25) is 5.02 Å². The van der Waals surface area contributed by atoms with E-state index in [0.717, 1.165) is 16.9 Å². The van der Waals surface area contributed by atoms with E-state index >= 15 is 0 Å². The quantitative estimate of drug-likeness (QED) is 0.216. The highest BCUT2D eigenvalue weighted by Gasteiger charge is 2.17. The van der Waals surface area contributed by atoms with Crippen LogP contribution in [0.25, 0.3) is 0 Å². The van der Waals surface area contributed by atoms with Crippen LogP contribution in [0.15, 0.2) is 46.8 Å². The summed E-state index contributed by atoms with van der Waals surface area (Å²) in [5.74, 6) is -0.608. The molecule has 0 spiro atoms. The van der Waals surface area contributed by atoms with Gasteiger partial charge in [0.05, 0.1) is 10.7 Å². The van der Waals surface area contributed by atoms with Crippen LogP contribution in [0.1, 0.15) is 21.5 Å². The van der Waals surface area contributed by atoms with Crippen molar-refractivity contribution in [2.24, 2.45) is 0 Å². The molecule has 0 bridgehead atoms. The SMILES string of the molecule is Cc1ccc(C(=O)Nc2nnc(SCC(=O)NCc3ccccc3Cl)s2)cc1[N+](=O)[O-]. The third-order valence-corrected chi connectivity index (χ3v) is 6.40. The number of nitrogens with zero attached hydrogens (tertiary/aromatic N) is 3. The second kappa shape index (κ2) is 10.3. The van der Waals surface area contributed by atoms with Gasteiger partial charge < -0.3 is 5.32 Å². The van der Waals surface area contributed by atoms with Crippen LogP contribution in [0, 0.1) is 17.0 Å². The van der Waals surface area contributed by atoms with E-state index in [1.807, 2.05) is 18.2 Å². The number of amides is 2. The number of carbonyl (C=O) groups is 2. The molecule has 0 atom stereocenters. The first-order valence-electron chi connectivity index (χ1n) is 8.86. The van der Waals surface area contributed by atoms with Gasteiger partial charge in [0.15, 0.2) is 4.34 Å². The van der Waals surface area contributed by atoms with Crippen LogP contribution in [0.5, 0.6) is 0 Å². The maximum Gasteiger partial charge on any atom is 0.273 e. The lowest BCUT2D eigenvalue weighted by Gasteiger charge is -2.05. The Bertz CT molecular complexity index is 1140. The van der Waals surface area contributed by atoms with Crippen molar-refractivity contribution in [3.8, 4) is 0 Å². The van der Waals surface area contributed by atoms with Gasteiger partial charge in [-0.2, -0.15) is 0 Å². The van der Waals surface area contributed by atoms with Crippen LogP contribution in [-0.4, -0.2) is 32.7 Å². The molecule has 3 aromatic rings. The average molecular weight is 478 g/mol. The van der Waals surface area contributed by atoms with Crippen LogP contribution in [-0.2, 0) is 11.3 Å². The molecule has 0 saturated carbocycles. The van der Waals surface area contributed by atoms with Crippen molar-refractivity contribution in [2.45, 2.75) is 17.8 Å². The van der Waals surface area contributed by atoms with Gasteiger partial charge in [-0.1, -0.05) is 59.0 Å². The highest BCUT2D eigenvalue weighted by atomic mass is 35.5. The minimum atomic E-state index is -0.539. The zero-order valence-electron chi connectivity index (χ0n) is 16.1. The molecule has 12 heteroatoms. The van der Waals surface area contributed by atoms with E-state index in [9.17, 15) is 19.7 Å². The fourth-order valence-electron chi connectivity index (χ4n) is 2.45. The van der Waals surface area contributed by atoms with Crippen molar-refractivity contribution in [3.63, 3.8) is 0 Å². The molecule has 0 radical (unpaired) electrons. The summed E-state index contributed by atoms with van der Waals surface area (Å²) in [7, 11) is 0. The molecule has 1 aromatic heterocycles. The Balaban J connectivity index is 1.51. The largest absolute Gasteiger partial charge is 0.351 e. The molecule has 160 valence electrons. The number of nitrogens with one attached hydrogen (secondary N) is 2. The molecule has 0 fully saturated rings. The maximum absolute atomic E-state index is 12.3. The van der Waals surface area contributed by atoms with Crippen LogP contribution in [0.3, 0.4) is 0 Å². The molecule has 0 aliphatic heterocycles. The molecule has 9 nitrogen and oxygen atoms in total. The predicted molar refractivity (Wildman–Crippen MR) is 120 cm³/mol. The Morgan fingerprint density at radius 2 is 2.00 bits per heavy atom. The molecule has 2 N–H and O–H groups in total. The van der Waals surface area contributed by atoms with Gasteiger partial charge in [-0.3, -0.25) is 25.0 Å². The molecule has 0 aliphatic carbocycles. The summed E-state index contributed by atoms with van der Waals surface area (Å²) in [6, 6.07) is 11.5. The first-order chi connectivity index (χ1) is 14.8. The number of aromatic nitrogens is 2. The number of thioether (sulfide) groups is 1. The molecule has 0 saturated heterocycles. The number of hydrogen-bond donors (Lipinski definition) is 2. The monoisotopic (exact) mass is 477 g/mol. The lowest BCUT2D eigenvalue weighted by molar-refractivity contribution is -0.385. The molecule has 2 aromatic carbocycles. The number of anilines is 1. The first-order valence-corrected chi connectivity index (χ1v) is 11.0. The number of carbonyl (C=O) groups excluding carboxylic acids is 2. The summed E-state index contributed by atoms with van der Waals surface area (Å²) in [6.45, 7) is 1.91. The summed E-state index contributed by atoms with van der Waals surface area (Å²) < 4.78 is 0.498. The van der Waals surface area contributed by atoms with E-state index < -0.39 is 10.8 Å². The van der Waals surface area contributed by atoms with Crippen molar-refractivity contribution in [2.75, 3.05) is 11.1 Å². The molecule has 0 aliphatic rings. The molecule has 31 heavy (non-hydrogen) atoms. The predicted octanol–water partition coefficient (Wildman–Crippen LogP) is 4.07. The number of hydrogen-bond acceptors (Lipinski definition) is 8.